The SMILES string of the molecule is O=c1cnn(CCOCCCl)c2ccccc12. The van der Waals surface area contributed by atoms with Crippen LogP contribution < -0.4 is 5.43 Å². The van der Waals surface area contributed by atoms with Crippen LogP contribution in [0.5, 0.6) is 0 Å². The van der Waals surface area contributed by atoms with Crippen LogP contribution in [0.15, 0.2) is 35.3 Å². The molecule has 1 heterocycles. The van der Waals surface area contributed by atoms with Gasteiger partial charge in [0, 0.05) is 11.3 Å². The first-order valence-electron chi connectivity index (χ1n) is 5.41. The number of fused-ring (bicyclic) bond motifs is 1. The minimum atomic E-state index is -0.0569. The molecule has 17 heavy (non-hydrogen) atoms. The van der Waals surface area contributed by atoms with E-state index in [-0.39, 0.29) is 5.43 Å². The third-order valence-corrected chi connectivity index (χ3v) is 2.59. The number of benzene rings is 1. The van der Waals surface area contributed by atoms with Crippen LogP contribution in [0.2, 0.25) is 0 Å². The number of rotatable bonds is 5. The van der Waals surface area contributed by atoms with Crippen molar-refractivity contribution in [3.8, 4) is 0 Å². The van der Waals surface area contributed by atoms with Crippen LogP contribution in [0.25, 0.3) is 10.9 Å². The van der Waals surface area contributed by atoms with E-state index in [1.54, 1.807) is 10.7 Å². The van der Waals surface area contributed by atoms with Crippen molar-refractivity contribution in [3.05, 3.63) is 40.7 Å². The Labute approximate surface area is 104 Å². The smallest absolute Gasteiger partial charge is 0.207 e. The molecule has 2 aromatic rings. The molecular formula is C12H13ClN2O2. The first kappa shape index (κ1) is 12.1. The molecule has 0 radical (unpaired) electrons. The van der Waals surface area contributed by atoms with Gasteiger partial charge in [0.2, 0.25) is 5.43 Å². The summed E-state index contributed by atoms with van der Waals surface area (Å²) in [6.07, 6.45) is 1.34. The zero-order valence-corrected chi connectivity index (χ0v) is 10.1. The van der Waals surface area contributed by atoms with Crippen molar-refractivity contribution >= 4 is 22.5 Å². The number of aromatic nitrogens is 2. The van der Waals surface area contributed by atoms with E-state index in [4.69, 9.17) is 16.3 Å². The predicted octanol–water partition coefficient (Wildman–Crippen LogP) is 1.65. The summed E-state index contributed by atoms with van der Waals surface area (Å²) in [6, 6.07) is 7.42. The van der Waals surface area contributed by atoms with Crippen LogP contribution in [-0.4, -0.2) is 28.9 Å². The van der Waals surface area contributed by atoms with Gasteiger partial charge in [0.05, 0.1) is 31.5 Å². The van der Waals surface area contributed by atoms with E-state index in [2.05, 4.69) is 5.10 Å². The Morgan fingerprint density at radius 3 is 2.94 bits per heavy atom. The molecular weight excluding hydrogens is 240 g/mol. The third-order valence-electron chi connectivity index (χ3n) is 2.43. The molecule has 0 aliphatic heterocycles. The summed E-state index contributed by atoms with van der Waals surface area (Å²) < 4.78 is 7.06. The van der Waals surface area contributed by atoms with Crippen molar-refractivity contribution in [2.75, 3.05) is 19.1 Å². The molecule has 0 N–H and O–H groups in total. The normalized spacial score (nSPS) is 10.9. The summed E-state index contributed by atoms with van der Waals surface area (Å²) in [5.41, 5.74) is 0.771. The lowest BCUT2D eigenvalue weighted by atomic mass is 10.2. The topological polar surface area (TPSA) is 44.1 Å². The standard InChI is InChI=1S/C12H13ClN2O2/c13-5-7-17-8-6-15-11-4-2-1-3-10(11)12(16)9-14-15/h1-4,9H,5-8H2. The Hall–Kier alpha value is -1.39. The van der Waals surface area contributed by atoms with Gasteiger partial charge < -0.3 is 4.74 Å². The van der Waals surface area contributed by atoms with E-state index in [0.29, 0.717) is 31.0 Å². The molecule has 0 saturated heterocycles. The average Bonchev–Trinajstić information content (AvgIpc) is 2.37. The lowest BCUT2D eigenvalue weighted by Crippen LogP contribution is -2.15. The summed E-state index contributed by atoms with van der Waals surface area (Å²) in [7, 11) is 0. The highest BCUT2D eigenvalue weighted by Crippen LogP contribution is 2.07. The van der Waals surface area contributed by atoms with Crippen LogP contribution in [0.4, 0.5) is 0 Å². The fraction of sp³-hybridized carbons (Fsp3) is 0.333. The monoisotopic (exact) mass is 252 g/mol. The molecule has 0 spiro atoms. The minimum Gasteiger partial charge on any atom is -0.378 e. The molecule has 0 aliphatic rings. The Balaban J connectivity index is 2.23. The summed E-state index contributed by atoms with van der Waals surface area (Å²) in [5.74, 6) is 0.484. The second-order valence-electron chi connectivity index (χ2n) is 3.55. The Morgan fingerprint density at radius 1 is 1.29 bits per heavy atom. The fourth-order valence-electron chi connectivity index (χ4n) is 1.65. The van der Waals surface area contributed by atoms with Crippen molar-refractivity contribution in [3.63, 3.8) is 0 Å². The maximum absolute atomic E-state index is 11.6. The molecule has 0 aliphatic carbocycles. The first-order valence-corrected chi connectivity index (χ1v) is 5.95. The number of hydrogen-bond acceptors (Lipinski definition) is 3. The highest BCUT2D eigenvalue weighted by Gasteiger charge is 2.02. The number of halogens is 1. The van der Waals surface area contributed by atoms with Crippen molar-refractivity contribution in [2.24, 2.45) is 0 Å². The van der Waals surface area contributed by atoms with E-state index in [0.717, 1.165) is 5.52 Å². The number of alkyl halides is 1. The van der Waals surface area contributed by atoms with Crippen molar-refractivity contribution in [2.45, 2.75) is 6.54 Å². The van der Waals surface area contributed by atoms with E-state index < -0.39 is 0 Å². The molecule has 90 valence electrons. The van der Waals surface area contributed by atoms with Crippen molar-refractivity contribution in [1.29, 1.82) is 0 Å². The lowest BCUT2D eigenvalue weighted by molar-refractivity contribution is 0.138. The van der Waals surface area contributed by atoms with Gasteiger partial charge in [0.15, 0.2) is 0 Å². The van der Waals surface area contributed by atoms with Gasteiger partial charge in [-0.3, -0.25) is 9.48 Å². The molecule has 0 atom stereocenters. The van der Waals surface area contributed by atoms with E-state index in [9.17, 15) is 4.79 Å². The van der Waals surface area contributed by atoms with Crippen LogP contribution in [-0.2, 0) is 11.3 Å². The molecule has 5 heteroatoms. The molecule has 0 saturated carbocycles. The van der Waals surface area contributed by atoms with Crippen LogP contribution in [0.1, 0.15) is 0 Å². The molecule has 2 rings (SSSR count). The van der Waals surface area contributed by atoms with Gasteiger partial charge in [-0.25, -0.2) is 0 Å². The second kappa shape index (κ2) is 5.80. The largest absolute Gasteiger partial charge is 0.378 e. The summed E-state index contributed by atoms with van der Waals surface area (Å²) in [4.78, 5) is 11.6. The van der Waals surface area contributed by atoms with Crippen LogP contribution in [0, 0.1) is 0 Å². The molecule has 1 aromatic carbocycles. The highest BCUT2D eigenvalue weighted by molar-refractivity contribution is 6.17. The average molecular weight is 253 g/mol. The molecule has 4 nitrogen and oxygen atoms in total. The van der Waals surface area contributed by atoms with Gasteiger partial charge in [-0.15, -0.1) is 11.6 Å². The quantitative estimate of drug-likeness (QED) is 0.600. The van der Waals surface area contributed by atoms with Gasteiger partial charge >= 0.3 is 0 Å². The van der Waals surface area contributed by atoms with E-state index >= 15 is 0 Å². The molecule has 0 bridgehead atoms. The van der Waals surface area contributed by atoms with Crippen molar-refractivity contribution in [1.82, 2.24) is 9.78 Å². The Kier molecular flexibility index (Phi) is 4.12. The maximum atomic E-state index is 11.6. The third kappa shape index (κ3) is 2.84. The molecule has 0 fully saturated rings. The zero-order chi connectivity index (χ0) is 12.1. The van der Waals surface area contributed by atoms with Gasteiger partial charge in [-0.2, -0.15) is 5.10 Å². The Bertz CT molecular complexity index is 553. The van der Waals surface area contributed by atoms with Crippen LogP contribution in [0.3, 0.4) is 0 Å². The first-order chi connectivity index (χ1) is 8.33. The van der Waals surface area contributed by atoms with Crippen molar-refractivity contribution < 1.29 is 4.74 Å². The van der Waals surface area contributed by atoms with E-state index in [1.807, 2.05) is 18.2 Å². The van der Waals surface area contributed by atoms with Gasteiger partial charge in [0.1, 0.15) is 0 Å². The predicted molar refractivity (Wildman–Crippen MR) is 67.5 cm³/mol. The molecule has 0 unspecified atom stereocenters. The highest BCUT2D eigenvalue weighted by atomic mass is 35.5. The minimum absolute atomic E-state index is 0.0569. The summed E-state index contributed by atoms with van der Waals surface area (Å²) >= 11 is 5.51. The summed E-state index contributed by atoms with van der Waals surface area (Å²) in [6.45, 7) is 1.67. The fourth-order valence-corrected chi connectivity index (χ4v) is 1.76. The zero-order valence-electron chi connectivity index (χ0n) is 9.30. The Morgan fingerprint density at radius 2 is 2.12 bits per heavy atom. The van der Waals surface area contributed by atoms with Gasteiger partial charge in [-0.05, 0) is 12.1 Å². The number of hydrogen-bond donors (Lipinski definition) is 0. The maximum Gasteiger partial charge on any atom is 0.207 e. The summed E-state index contributed by atoms with van der Waals surface area (Å²) in [5, 5.41) is 4.78. The number of para-hydroxylation sites is 1. The second-order valence-corrected chi connectivity index (χ2v) is 3.93. The molecule has 0 amide bonds. The number of ether oxygens (including phenoxy) is 1. The number of nitrogens with zero attached hydrogens (tertiary/aromatic N) is 2. The van der Waals surface area contributed by atoms with Gasteiger partial charge in [0.25, 0.3) is 0 Å². The molecule has 1 aromatic heterocycles. The van der Waals surface area contributed by atoms with E-state index in [1.165, 1.54) is 6.20 Å². The van der Waals surface area contributed by atoms with Gasteiger partial charge in [-0.1, -0.05) is 12.1 Å². The van der Waals surface area contributed by atoms with Crippen LogP contribution >= 0.6 is 11.6 Å². The lowest BCUT2D eigenvalue weighted by Gasteiger charge is -2.08.